The van der Waals surface area contributed by atoms with Gasteiger partial charge in [-0.2, -0.15) is 0 Å². The minimum Gasteiger partial charge on any atom is -0.497 e. The molecule has 0 aromatic heterocycles. The van der Waals surface area contributed by atoms with Crippen LogP contribution in [0.4, 0.5) is 5.69 Å². The van der Waals surface area contributed by atoms with E-state index < -0.39 is 6.04 Å². The Labute approximate surface area is 185 Å². The molecule has 2 aromatic rings. The van der Waals surface area contributed by atoms with Gasteiger partial charge in [0.15, 0.2) is 0 Å². The zero-order chi connectivity index (χ0) is 22.4. The third kappa shape index (κ3) is 6.29. The Bertz CT molecular complexity index is 846. The van der Waals surface area contributed by atoms with Gasteiger partial charge in [-0.3, -0.25) is 9.69 Å². The Hall–Kier alpha value is -2.41. The third-order valence-electron chi connectivity index (χ3n) is 5.75. The number of ether oxygens (including phenoxy) is 2. The molecule has 0 saturated carbocycles. The minimum absolute atomic E-state index is 0.0982. The number of methoxy groups -OCH3 is 1. The van der Waals surface area contributed by atoms with Gasteiger partial charge >= 0.3 is 0 Å². The Kier molecular flexibility index (Phi) is 7.70. The fourth-order valence-corrected chi connectivity index (χ4v) is 4.06. The van der Waals surface area contributed by atoms with Crippen LogP contribution in [0.5, 0.6) is 5.75 Å². The van der Waals surface area contributed by atoms with Gasteiger partial charge in [-0.25, -0.2) is 0 Å². The van der Waals surface area contributed by atoms with Gasteiger partial charge in [-0.15, -0.1) is 0 Å². The number of carbonyl (C=O) groups excluding carboxylic acids is 1. The van der Waals surface area contributed by atoms with E-state index in [1.807, 2.05) is 54.6 Å². The third-order valence-corrected chi connectivity index (χ3v) is 5.75. The van der Waals surface area contributed by atoms with Crippen molar-refractivity contribution >= 4 is 11.6 Å². The number of amides is 1. The molecular weight excluding hydrogens is 390 g/mol. The maximum absolute atomic E-state index is 13.3. The normalized spacial score (nSPS) is 20.8. The van der Waals surface area contributed by atoms with Crippen molar-refractivity contribution in [2.75, 3.05) is 32.1 Å². The predicted molar refractivity (Wildman–Crippen MR) is 124 cm³/mol. The summed E-state index contributed by atoms with van der Waals surface area (Å²) in [6.07, 6.45) is 0.397. The first-order chi connectivity index (χ1) is 14.8. The molecule has 1 heterocycles. The fourth-order valence-electron chi connectivity index (χ4n) is 4.06. The van der Waals surface area contributed by atoms with Gasteiger partial charge < -0.3 is 20.1 Å². The Morgan fingerprint density at radius 3 is 2.45 bits per heavy atom. The monoisotopic (exact) mass is 425 g/mol. The molecule has 3 atom stereocenters. The zero-order valence-electron chi connectivity index (χ0n) is 19.2. The van der Waals surface area contributed by atoms with Crippen LogP contribution in [0, 0.1) is 0 Å². The van der Waals surface area contributed by atoms with Crippen molar-refractivity contribution in [1.82, 2.24) is 10.2 Å². The van der Waals surface area contributed by atoms with Gasteiger partial charge in [0.05, 0.1) is 19.3 Å². The van der Waals surface area contributed by atoms with Crippen LogP contribution in [0.2, 0.25) is 0 Å². The Balaban J connectivity index is 1.74. The zero-order valence-corrected chi connectivity index (χ0v) is 19.2. The summed E-state index contributed by atoms with van der Waals surface area (Å²) in [4.78, 5) is 15.7. The molecule has 1 fully saturated rings. The lowest BCUT2D eigenvalue weighted by molar-refractivity contribution is -0.119. The molecular formula is C25H35N3O3. The van der Waals surface area contributed by atoms with E-state index in [1.54, 1.807) is 7.11 Å². The molecule has 2 aromatic carbocycles. The molecule has 1 amide bonds. The summed E-state index contributed by atoms with van der Waals surface area (Å²) in [5.74, 6) is 0.609. The molecule has 0 spiro atoms. The van der Waals surface area contributed by atoms with Crippen molar-refractivity contribution in [2.45, 2.75) is 51.5 Å². The number of carbonyl (C=O) groups is 1. The molecule has 6 heteroatoms. The molecule has 168 valence electrons. The van der Waals surface area contributed by atoms with E-state index in [2.05, 4.69) is 43.2 Å². The summed E-state index contributed by atoms with van der Waals surface area (Å²) < 4.78 is 11.2. The Morgan fingerprint density at radius 2 is 1.81 bits per heavy atom. The summed E-state index contributed by atoms with van der Waals surface area (Å²) in [6.45, 7) is 11.1. The van der Waals surface area contributed by atoms with Gasteiger partial charge in [0.1, 0.15) is 11.8 Å². The van der Waals surface area contributed by atoms with E-state index in [-0.39, 0.29) is 23.7 Å². The van der Waals surface area contributed by atoms with E-state index >= 15 is 0 Å². The number of nitrogens with zero attached hydrogens (tertiary/aromatic N) is 1. The lowest BCUT2D eigenvalue weighted by Crippen LogP contribution is -2.58. The average molecular weight is 426 g/mol. The standard InChI is InChI=1S/C25H35N3O3/c1-18-15-28(16-19(2)31-18)25(3,4)17-26-23(20-10-7-6-8-11-20)24(29)27-21-12-9-13-22(14-21)30-5/h6-14,18-19,23,26H,15-17H2,1-5H3,(H,27,29)/t18-,19+,23-/m0/s1. The summed E-state index contributed by atoms with van der Waals surface area (Å²) in [7, 11) is 1.62. The topological polar surface area (TPSA) is 62.8 Å². The smallest absolute Gasteiger partial charge is 0.246 e. The van der Waals surface area contributed by atoms with Gasteiger partial charge in [0.2, 0.25) is 5.91 Å². The van der Waals surface area contributed by atoms with Crippen LogP contribution in [0.15, 0.2) is 54.6 Å². The maximum Gasteiger partial charge on any atom is 0.246 e. The van der Waals surface area contributed by atoms with Crippen LogP contribution in [-0.4, -0.2) is 55.3 Å². The largest absolute Gasteiger partial charge is 0.497 e. The van der Waals surface area contributed by atoms with Crippen LogP contribution >= 0.6 is 0 Å². The highest BCUT2D eigenvalue weighted by Gasteiger charge is 2.34. The number of anilines is 1. The molecule has 0 bridgehead atoms. The second kappa shape index (κ2) is 10.3. The predicted octanol–water partition coefficient (Wildman–Crippen LogP) is 3.85. The highest BCUT2D eigenvalue weighted by atomic mass is 16.5. The number of nitrogens with one attached hydrogen (secondary N) is 2. The Morgan fingerprint density at radius 1 is 1.13 bits per heavy atom. The molecule has 1 aliphatic rings. The summed E-state index contributed by atoms with van der Waals surface area (Å²) >= 11 is 0. The molecule has 31 heavy (non-hydrogen) atoms. The quantitative estimate of drug-likeness (QED) is 0.673. The van der Waals surface area contributed by atoms with E-state index in [4.69, 9.17) is 9.47 Å². The van der Waals surface area contributed by atoms with Crippen molar-refractivity contribution in [3.05, 3.63) is 60.2 Å². The van der Waals surface area contributed by atoms with Crippen molar-refractivity contribution < 1.29 is 14.3 Å². The van der Waals surface area contributed by atoms with Crippen LogP contribution in [0.3, 0.4) is 0 Å². The first-order valence-corrected chi connectivity index (χ1v) is 10.9. The number of hydrogen-bond acceptors (Lipinski definition) is 5. The van der Waals surface area contributed by atoms with E-state index in [9.17, 15) is 4.79 Å². The maximum atomic E-state index is 13.3. The first-order valence-electron chi connectivity index (χ1n) is 10.9. The highest BCUT2D eigenvalue weighted by molar-refractivity contribution is 5.95. The lowest BCUT2D eigenvalue weighted by atomic mass is 9.98. The lowest BCUT2D eigenvalue weighted by Gasteiger charge is -2.45. The SMILES string of the molecule is COc1cccc(NC(=O)[C@@H](NCC(C)(C)N2C[C@@H](C)O[C@@H](C)C2)c2ccccc2)c1. The van der Waals surface area contributed by atoms with Crippen molar-refractivity contribution in [3.63, 3.8) is 0 Å². The molecule has 1 saturated heterocycles. The molecule has 0 unspecified atom stereocenters. The molecule has 0 radical (unpaired) electrons. The van der Waals surface area contributed by atoms with Crippen LogP contribution in [0.1, 0.15) is 39.3 Å². The van der Waals surface area contributed by atoms with Gasteiger partial charge in [0, 0.05) is 36.9 Å². The van der Waals surface area contributed by atoms with Gasteiger partial charge in [-0.1, -0.05) is 36.4 Å². The molecule has 2 N–H and O–H groups in total. The van der Waals surface area contributed by atoms with Crippen LogP contribution in [-0.2, 0) is 9.53 Å². The van der Waals surface area contributed by atoms with Crippen LogP contribution < -0.4 is 15.4 Å². The van der Waals surface area contributed by atoms with Gasteiger partial charge in [0.25, 0.3) is 0 Å². The summed E-state index contributed by atoms with van der Waals surface area (Å²) in [6, 6.07) is 16.8. The second-order valence-corrected chi connectivity index (χ2v) is 8.92. The number of morpholine rings is 1. The number of rotatable bonds is 8. The van der Waals surface area contributed by atoms with E-state index in [0.29, 0.717) is 18.0 Å². The minimum atomic E-state index is -0.470. The number of hydrogen-bond donors (Lipinski definition) is 2. The van der Waals surface area contributed by atoms with E-state index in [1.165, 1.54) is 0 Å². The van der Waals surface area contributed by atoms with Crippen molar-refractivity contribution in [2.24, 2.45) is 0 Å². The molecule has 1 aliphatic heterocycles. The summed E-state index contributed by atoms with van der Waals surface area (Å²) in [5.41, 5.74) is 1.51. The van der Waals surface area contributed by atoms with Gasteiger partial charge in [-0.05, 0) is 45.4 Å². The first kappa shape index (κ1) is 23.3. The molecule has 0 aliphatic carbocycles. The second-order valence-electron chi connectivity index (χ2n) is 8.92. The molecule has 6 nitrogen and oxygen atoms in total. The molecule has 3 rings (SSSR count). The van der Waals surface area contributed by atoms with Crippen LogP contribution in [0.25, 0.3) is 0 Å². The summed E-state index contributed by atoms with van der Waals surface area (Å²) in [5, 5.41) is 6.56. The van der Waals surface area contributed by atoms with E-state index in [0.717, 1.165) is 18.7 Å². The number of benzene rings is 2. The average Bonchev–Trinajstić information content (AvgIpc) is 2.74. The van der Waals surface area contributed by atoms with Crippen molar-refractivity contribution in [3.8, 4) is 5.75 Å². The highest BCUT2D eigenvalue weighted by Crippen LogP contribution is 2.24. The fraction of sp³-hybridized carbons (Fsp3) is 0.480. The van der Waals surface area contributed by atoms with Crippen molar-refractivity contribution in [1.29, 1.82) is 0 Å².